The summed E-state index contributed by atoms with van der Waals surface area (Å²) in [5, 5.41) is 7.56. The Kier molecular flexibility index (Phi) is 1.94. The number of aromatic nitrogens is 2. The average molecular weight is 233 g/mol. The highest BCUT2D eigenvalue weighted by Crippen LogP contribution is 2.34. The molecule has 0 saturated carbocycles. The predicted octanol–water partition coefficient (Wildman–Crippen LogP) is 3.01. The van der Waals surface area contributed by atoms with E-state index < -0.39 is 0 Å². The number of thiophene rings is 1. The topological polar surface area (TPSA) is 54.7 Å². The van der Waals surface area contributed by atoms with Crippen molar-refractivity contribution in [3.8, 4) is 10.6 Å². The van der Waals surface area contributed by atoms with Crippen LogP contribution >= 0.6 is 11.3 Å². The van der Waals surface area contributed by atoms with Crippen LogP contribution in [0.1, 0.15) is 0 Å². The van der Waals surface area contributed by atoms with Crippen molar-refractivity contribution in [3.05, 3.63) is 36.1 Å². The number of halogens is 1. The van der Waals surface area contributed by atoms with Crippen LogP contribution in [-0.4, -0.2) is 10.2 Å². The van der Waals surface area contributed by atoms with Crippen LogP contribution in [0, 0.1) is 5.82 Å². The molecule has 5 heteroatoms. The molecule has 0 saturated heterocycles. The molecule has 0 atom stereocenters. The third kappa shape index (κ3) is 1.37. The standard InChI is InChI=1S/C11H8FN3S/c12-7-3-1-2-6-4-9(16-11(6)7)8-5-10(13)15-14-8/h1-5H,(H3,13,14,15). The van der Waals surface area contributed by atoms with Crippen molar-refractivity contribution < 1.29 is 4.39 Å². The van der Waals surface area contributed by atoms with Crippen LogP contribution < -0.4 is 5.73 Å². The number of H-pyrrole nitrogens is 1. The van der Waals surface area contributed by atoms with E-state index in [4.69, 9.17) is 5.73 Å². The van der Waals surface area contributed by atoms with Gasteiger partial charge in [0.2, 0.25) is 0 Å². The fourth-order valence-electron chi connectivity index (χ4n) is 1.62. The SMILES string of the molecule is Nc1cc(-c2cc3cccc(F)c3s2)[nH]n1. The average Bonchev–Trinajstić information content (AvgIpc) is 2.84. The molecule has 1 aromatic carbocycles. The summed E-state index contributed by atoms with van der Waals surface area (Å²) in [7, 11) is 0. The Labute approximate surface area is 94.7 Å². The highest BCUT2D eigenvalue weighted by Gasteiger charge is 2.09. The van der Waals surface area contributed by atoms with Gasteiger partial charge in [-0.1, -0.05) is 12.1 Å². The fourth-order valence-corrected chi connectivity index (χ4v) is 2.65. The minimum absolute atomic E-state index is 0.193. The number of nitrogens with two attached hydrogens (primary N) is 1. The molecule has 2 aromatic heterocycles. The molecule has 0 bridgehead atoms. The number of nitrogen functional groups attached to an aromatic ring is 1. The molecule has 0 aliphatic rings. The second-order valence-electron chi connectivity index (χ2n) is 3.48. The van der Waals surface area contributed by atoms with Crippen molar-refractivity contribution in [1.82, 2.24) is 10.2 Å². The molecule has 0 aliphatic heterocycles. The first-order valence-electron chi connectivity index (χ1n) is 4.73. The molecular formula is C11H8FN3S. The second kappa shape index (κ2) is 3.31. The Bertz CT molecular complexity index is 656. The zero-order valence-corrected chi connectivity index (χ0v) is 9.01. The predicted molar refractivity (Wildman–Crippen MR) is 63.8 cm³/mol. The first-order valence-corrected chi connectivity index (χ1v) is 5.55. The summed E-state index contributed by atoms with van der Waals surface area (Å²) in [4.78, 5) is 0.935. The third-order valence-corrected chi connectivity index (χ3v) is 3.55. The number of nitrogens with one attached hydrogen (secondary N) is 1. The van der Waals surface area contributed by atoms with E-state index in [1.807, 2.05) is 12.1 Å². The molecule has 3 aromatic rings. The molecule has 0 fully saturated rings. The normalized spacial score (nSPS) is 11.1. The summed E-state index contributed by atoms with van der Waals surface area (Å²) < 4.78 is 14.1. The summed E-state index contributed by atoms with van der Waals surface area (Å²) in [5.74, 6) is 0.245. The maximum Gasteiger partial charge on any atom is 0.145 e. The van der Waals surface area contributed by atoms with Crippen molar-refractivity contribution in [1.29, 1.82) is 0 Å². The van der Waals surface area contributed by atoms with Gasteiger partial charge in [0.15, 0.2) is 0 Å². The highest BCUT2D eigenvalue weighted by molar-refractivity contribution is 7.22. The zero-order valence-electron chi connectivity index (χ0n) is 8.20. The number of hydrogen-bond acceptors (Lipinski definition) is 3. The molecule has 0 amide bonds. The Morgan fingerprint density at radius 3 is 2.88 bits per heavy atom. The Morgan fingerprint density at radius 2 is 2.19 bits per heavy atom. The first-order chi connectivity index (χ1) is 7.74. The lowest BCUT2D eigenvalue weighted by Crippen LogP contribution is -1.81. The van der Waals surface area contributed by atoms with E-state index >= 15 is 0 Å². The van der Waals surface area contributed by atoms with Gasteiger partial charge in [0.05, 0.1) is 15.3 Å². The molecular weight excluding hydrogens is 225 g/mol. The van der Waals surface area contributed by atoms with Gasteiger partial charge in [0, 0.05) is 6.07 Å². The molecule has 0 aliphatic carbocycles. The van der Waals surface area contributed by atoms with Crippen LogP contribution in [0.25, 0.3) is 20.7 Å². The number of nitrogens with zero attached hydrogens (tertiary/aromatic N) is 1. The van der Waals surface area contributed by atoms with E-state index in [1.54, 1.807) is 12.1 Å². The van der Waals surface area contributed by atoms with Crippen molar-refractivity contribution in [3.63, 3.8) is 0 Å². The van der Waals surface area contributed by atoms with Crippen LogP contribution in [-0.2, 0) is 0 Å². The second-order valence-corrected chi connectivity index (χ2v) is 4.53. The lowest BCUT2D eigenvalue weighted by molar-refractivity contribution is 0.642. The van der Waals surface area contributed by atoms with E-state index in [9.17, 15) is 4.39 Å². The highest BCUT2D eigenvalue weighted by atomic mass is 32.1. The van der Waals surface area contributed by atoms with Crippen molar-refractivity contribution >= 4 is 27.2 Å². The molecule has 2 heterocycles. The fraction of sp³-hybridized carbons (Fsp3) is 0. The summed E-state index contributed by atoms with van der Waals surface area (Å²) in [5.41, 5.74) is 6.35. The van der Waals surface area contributed by atoms with Gasteiger partial charge in [-0.15, -0.1) is 11.3 Å². The Morgan fingerprint density at radius 1 is 1.31 bits per heavy atom. The van der Waals surface area contributed by atoms with E-state index in [2.05, 4.69) is 10.2 Å². The molecule has 3 nitrogen and oxygen atoms in total. The van der Waals surface area contributed by atoms with Gasteiger partial charge < -0.3 is 5.73 Å². The lowest BCUT2D eigenvalue weighted by atomic mass is 10.2. The number of aromatic amines is 1. The van der Waals surface area contributed by atoms with E-state index in [0.717, 1.165) is 16.0 Å². The molecule has 3 N–H and O–H groups in total. The summed E-state index contributed by atoms with van der Waals surface area (Å²) in [6.07, 6.45) is 0. The van der Waals surface area contributed by atoms with Crippen LogP contribution in [0.5, 0.6) is 0 Å². The van der Waals surface area contributed by atoms with E-state index in [-0.39, 0.29) is 5.82 Å². The van der Waals surface area contributed by atoms with Crippen molar-refractivity contribution in [2.24, 2.45) is 0 Å². The minimum atomic E-state index is -0.193. The van der Waals surface area contributed by atoms with Gasteiger partial charge in [0.25, 0.3) is 0 Å². The number of hydrogen-bond donors (Lipinski definition) is 2. The van der Waals surface area contributed by atoms with E-state index in [1.165, 1.54) is 17.4 Å². The van der Waals surface area contributed by atoms with Crippen molar-refractivity contribution in [2.45, 2.75) is 0 Å². The van der Waals surface area contributed by atoms with Gasteiger partial charge in [-0.05, 0) is 17.5 Å². The van der Waals surface area contributed by atoms with Gasteiger partial charge >= 0.3 is 0 Å². The molecule has 0 unspecified atom stereocenters. The van der Waals surface area contributed by atoms with Crippen molar-refractivity contribution in [2.75, 3.05) is 5.73 Å². The van der Waals surface area contributed by atoms with Crippen LogP contribution in [0.2, 0.25) is 0 Å². The molecule has 0 spiro atoms. The summed E-state index contributed by atoms with van der Waals surface area (Å²) in [6.45, 7) is 0. The quantitative estimate of drug-likeness (QED) is 0.678. The Balaban J connectivity index is 2.22. The molecule has 16 heavy (non-hydrogen) atoms. The smallest absolute Gasteiger partial charge is 0.145 e. The monoisotopic (exact) mass is 233 g/mol. The Hall–Kier alpha value is -1.88. The largest absolute Gasteiger partial charge is 0.382 e. The minimum Gasteiger partial charge on any atom is -0.382 e. The lowest BCUT2D eigenvalue weighted by Gasteiger charge is -1.88. The summed E-state index contributed by atoms with van der Waals surface area (Å²) in [6, 6.07) is 8.72. The third-order valence-electron chi connectivity index (χ3n) is 2.36. The summed E-state index contributed by atoms with van der Waals surface area (Å²) >= 11 is 1.39. The number of benzene rings is 1. The number of anilines is 1. The molecule has 80 valence electrons. The molecule has 0 radical (unpaired) electrons. The van der Waals surface area contributed by atoms with Gasteiger partial charge in [-0.3, -0.25) is 5.10 Å². The number of fused-ring (bicyclic) bond motifs is 1. The van der Waals surface area contributed by atoms with Crippen LogP contribution in [0.4, 0.5) is 10.2 Å². The van der Waals surface area contributed by atoms with Gasteiger partial charge in [0.1, 0.15) is 11.6 Å². The maximum atomic E-state index is 13.5. The van der Waals surface area contributed by atoms with Gasteiger partial charge in [-0.25, -0.2) is 4.39 Å². The maximum absolute atomic E-state index is 13.5. The zero-order chi connectivity index (χ0) is 11.1. The number of rotatable bonds is 1. The van der Waals surface area contributed by atoms with Gasteiger partial charge in [-0.2, -0.15) is 5.10 Å². The first kappa shape index (κ1) is 9.35. The van der Waals surface area contributed by atoms with E-state index in [0.29, 0.717) is 10.5 Å². The van der Waals surface area contributed by atoms with Crippen LogP contribution in [0.3, 0.4) is 0 Å². The van der Waals surface area contributed by atoms with Crippen LogP contribution in [0.15, 0.2) is 30.3 Å². The molecule has 3 rings (SSSR count).